The van der Waals surface area contributed by atoms with Gasteiger partial charge in [0.25, 0.3) is 0 Å². The maximum atomic E-state index is 5.83. The Morgan fingerprint density at radius 3 is 2.56 bits per heavy atom. The van der Waals surface area contributed by atoms with Gasteiger partial charge in [0.05, 0.1) is 18.8 Å². The largest absolute Gasteiger partial charge is 0.497 e. The molecule has 0 spiro atoms. The fourth-order valence-corrected chi connectivity index (χ4v) is 4.78. The SMILES string of the molecule is COc1cccc(-n2cccc2C2C(c3ccccn3)NC(=S)N2c2ccc(Br)cc2)c1. The Bertz CT molecular complexity index is 1240. The highest BCUT2D eigenvalue weighted by molar-refractivity contribution is 9.10. The lowest BCUT2D eigenvalue weighted by molar-refractivity contribution is 0.414. The third-order valence-electron chi connectivity index (χ3n) is 5.62. The number of rotatable bonds is 5. The van der Waals surface area contributed by atoms with E-state index in [9.17, 15) is 0 Å². The van der Waals surface area contributed by atoms with Crippen molar-refractivity contribution in [1.82, 2.24) is 14.9 Å². The Hall–Kier alpha value is -3.16. The van der Waals surface area contributed by atoms with Gasteiger partial charge in [0.15, 0.2) is 5.11 Å². The molecule has 0 saturated carbocycles. The zero-order valence-corrected chi connectivity index (χ0v) is 19.8. The first-order chi connectivity index (χ1) is 15.7. The fourth-order valence-electron chi connectivity index (χ4n) is 4.17. The number of hydrogen-bond donors (Lipinski definition) is 1. The third kappa shape index (κ3) is 3.78. The second-order valence-electron chi connectivity index (χ2n) is 7.48. The molecule has 1 N–H and O–H groups in total. The maximum Gasteiger partial charge on any atom is 0.174 e. The van der Waals surface area contributed by atoms with E-state index in [1.54, 1.807) is 7.11 Å². The Morgan fingerprint density at radius 2 is 1.81 bits per heavy atom. The fraction of sp³-hybridized carbons (Fsp3) is 0.120. The van der Waals surface area contributed by atoms with Crippen LogP contribution >= 0.6 is 28.1 Å². The van der Waals surface area contributed by atoms with Crippen LogP contribution in [-0.2, 0) is 0 Å². The molecule has 32 heavy (non-hydrogen) atoms. The molecule has 5 nitrogen and oxygen atoms in total. The van der Waals surface area contributed by atoms with Gasteiger partial charge in [-0.2, -0.15) is 0 Å². The number of anilines is 1. The second kappa shape index (κ2) is 8.76. The summed E-state index contributed by atoms with van der Waals surface area (Å²) in [5.41, 5.74) is 4.09. The number of pyridine rings is 1. The minimum absolute atomic E-state index is 0.0974. The van der Waals surface area contributed by atoms with Crippen LogP contribution < -0.4 is 15.0 Å². The lowest BCUT2D eigenvalue weighted by Crippen LogP contribution is -2.30. The van der Waals surface area contributed by atoms with E-state index in [0.29, 0.717) is 5.11 Å². The highest BCUT2D eigenvalue weighted by atomic mass is 79.9. The van der Waals surface area contributed by atoms with Crippen molar-refractivity contribution in [3.8, 4) is 11.4 Å². The Kier molecular flexibility index (Phi) is 5.68. The van der Waals surface area contributed by atoms with Crippen molar-refractivity contribution >= 4 is 38.9 Å². The number of halogens is 1. The summed E-state index contributed by atoms with van der Waals surface area (Å²) in [5, 5.41) is 4.19. The summed E-state index contributed by atoms with van der Waals surface area (Å²) in [7, 11) is 1.68. The van der Waals surface area contributed by atoms with Crippen molar-refractivity contribution < 1.29 is 4.74 Å². The van der Waals surface area contributed by atoms with Gasteiger partial charge in [-0.25, -0.2) is 0 Å². The number of aromatic nitrogens is 2. The number of nitrogens with one attached hydrogen (secondary N) is 1. The Labute approximate surface area is 200 Å². The van der Waals surface area contributed by atoms with E-state index in [0.717, 1.165) is 33.0 Å². The summed E-state index contributed by atoms with van der Waals surface area (Å²) in [6.07, 6.45) is 3.89. The normalized spacial score (nSPS) is 17.9. The van der Waals surface area contributed by atoms with E-state index < -0.39 is 0 Å². The zero-order valence-electron chi connectivity index (χ0n) is 17.4. The maximum absolute atomic E-state index is 5.83. The molecular formula is C25H21BrN4OS. The molecular weight excluding hydrogens is 484 g/mol. The van der Waals surface area contributed by atoms with Gasteiger partial charge >= 0.3 is 0 Å². The molecule has 1 aliphatic rings. The zero-order chi connectivity index (χ0) is 22.1. The predicted octanol–water partition coefficient (Wildman–Crippen LogP) is 5.82. The minimum Gasteiger partial charge on any atom is -0.497 e. The van der Waals surface area contributed by atoms with Crippen LogP contribution in [0, 0.1) is 0 Å². The van der Waals surface area contributed by atoms with Crippen molar-refractivity contribution in [2.75, 3.05) is 12.0 Å². The predicted molar refractivity (Wildman–Crippen MR) is 134 cm³/mol. The molecule has 0 amide bonds. The van der Waals surface area contributed by atoms with Gasteiger partial charge in [-0.1, -0.05) is 28.1 Å². The standard InChI is InChI=1S/C25H21BrN4OS/c1-31-20-7-4-6-19(16-20)29-15-5-9-22(29)24-23(21-8-2-3-14-27-21)28-25(32)30(24)18-12-10-17(26)11-13-18/h2-16,23-24H,1H3,(H,28,32). The Balaban J connectivity index is 1.66. The molecule has 2 aromatic carbocycles. The van der Waals surface area contributed by atoms with Crippen LogP contribution in [0.3, 0.4) is 0 Å². The molecule has 0 radical (unpaired) electrons. The highest BCUT2D eigenvalue weighted by Crippen LogP contribution is 2.42. The molecule has 5 rings (SSSR count). The molecule has 7 heteroatoms. The summed E-state index contributed by atoms with van der Waals surface area (Å²) in [6, 6.07) is 26.2. The molecule has 2 aromatic heterocycles. The van der Waals surface area contributed by atoms with E-state index in [1.807, 2.05) is 54.7 Å². The molecule has 1 saturated heterocycles. The number of ether oxygens (including phenoxy) is 1. The smallest absolute Gasteiger partial charge is 0.174 e. The van der Waals surface area contributed by atoms with Gasteiger partial charge in [-0.3, -0.25) is 4.98 Å². The lowest BCUT2D eigenvalue weighted by Gasteiger charge is -2.29. The lowest BCUT2D eigenvalue weighted by atomic mass is 10.0. The van der Waals surface area contributed by atoms with E-state index in [4.69, 9.17) is 17.0 Å². The van der Waals surface area contributed by atoms with E-state index in [-0.39, 0.29) is 12.1 Å². The van der Waals surface area contributed by atoms with Crippen LogP contribution in [-0.4, -0.2) is 21.8 Å². The number of hydrogen-bond acceptors (Lipinski definition) is 3. The number of nitrogens with zero attached hydrogens (tertiary/aromatic N) is 3. The van der Waals surface area contributed by atoms with Crippen LogP contribution in [0.15, 0.2) is 95.7 Å². The first kappa shape index (κ1) is 20.7. The molecule has 2 unspecified atom stereocenters. The molecule has 2 atom stereocenters. The molecule has 1 aliphatic heterocycles. The van der Waals surface area contributed by atoms with Crippen LogP contribution in [0.25, 0.3) is 5.69 Å². The molecule has 160 valence electrons. The van der Waals surface area contributed by atoms with Crippen LogP contribution in [0.2, 0.25) is 0 Å². The molecule has 3 heterocycles. The minimum atomic E-state index is -0.105. The molecule has 4 aromatic rings. The van der Waals surface area contributed by atoms with Crippen LogP contribution in [0.5, 0.6) is 5.75 Å². The average Bonchev–Trinajstić information content (AvgIpc) is 3.44. The van der Waals surface area contributed by atoms with E-state index >= 15 is 0 Å². The third-order valence-corrected chi connectivity index (χ3v) is 6.46. The van der Waals surface area contributed by atoms with Gasteiger partial charge in [-0.15, -0.1) is 0 Å². The number of methoxy groups -OCH3 is 1. The van der Waals surface area contributed by atoms with E-state index in [2.05, 4.69) is 72.2 Å². The van der Waals surface area contributed by atoms with Crippen molar-refractivity contribution in [2.24, 2.45) is 0 Å². The van der Waals surface area contributed by atoms with Crippen molar-refractivity contribution in [1.29, 1.82) is 0 Å². The average molecular weight is 505 g/mol. The number of thiocarbonyl (C=S) groups is 1. The van der Waals surface area contributed by atoms with Crippen molar-refractivity contribution in [3.05, 3.63) is 107 Å². The van der Waals surface area contributed by atoms with Crippen LogP contribution in [0.4, 0.5) is 5.69 Å². The van der Waals surface area contributed by atoms with Gasteiger partial charge < -0.3 is 19.5 Å². The monoisotopic (exact) mass is 504 g/mol. The Morgan fingerprint density at radius 1 is 0.969 bits per heavy atom. The van der Waals surface area contributed by atoms with Gasteiger partial charge in [-0.05, 0) is 72.9 Å². The van der Waals surface area contributed by atoms with Crippen molar-refractivity contribution in [2.45, 2.75) is 12.1 Å². The summed E-state index contributed by atoms with van der Waals surface area (Å²) in [6.45, 7) is 0. The summed E-state index contributed by atoms with van der Waals surface area (Å²) in [4.78, 5) is 6.82. The first-order valence-electron chi connectivity index (χ1n) is 10.2. The van der Waals surface area contributed by atoms with E-state index in [1.165, 1.54) is 0 Å². The summed E-state index contributed by atoms with van der Waals surface area (Å²) < 4.78 is 8.67. The second-order valence-corrected chi connectivity index (χ2v) is 8.78. The topological polar surface area (TPSA) is 42.3 Å². The van der Waals surface area contributed by atoms with Crippen molar-refractivity contribution in [3.63, 3.8) is 0 Å². The molecule has 1 fully saturated rings. The van der Waals surface area contributed by atoms with Gasteiger partial charge in [0.2, 0.25) is 0 Å². The van der Waals surface area contributed by atoms with Gasteiger partial charge in [0, 0.05) is 40.0 Å². The van der Waals surface area contributed by atoms with Gasteiger partial charge in [0.1, 0.15) is 11.8 Å². The highest BCUT2D eigenvalue weighted by Gasteiger charge is 2.42. The first-order valence-corrected chi connectivity index (χ1v) is 11.4. The summed E-state index contributed by atoms with van der Waals surface area (Å²) in [5.74, 6) is 0.813. The number of benzene rings is 2. The molecule has 0 aliphatic carbocycles. The van der Waals surface area contributed by atoms with Crippen LogP contribution in [0.1, 0.15) is 23.5 Å². The quantitative estimate of drug-likeness (QED) is 0.346. The molecule has 0 bridgehead atoms. The summed E-state index contributed by atoms with van der Waals surface area (Å²) >= 11 is 9.36.